The summed E-state index contributed by atoms with van der Waals surface area (Å²) in [6, 6.07) is 28.4. The maximum atomic E-state index is 13.0. The van der Waals surface area contributed by atoms with E-state index in [1.807, 2.05) is 80.6 Å². The standard InChI is InChI=1S/C29H26BrNO4/c1-3-33-27-18-22(17-25(30)28(27)34-19-21-10-5-4-6-11-21)29(32)31-23-13-15-24(16-14-23)35-26-12-8-7-9-20(26)2/h4-18H,3,19H2,1-2H3,(H,31,32). The zero-order valence-corrected chi connectivity index (χ0v) is 21.2. The molecule has 0 bridgehead atoms. The number of hydrogen-bond donors (Lipinski definition) is 1. The van der Waals surface area contributed by atoms with Gasteiger partial charge in [-0.15, -0.1) is 0 Å². The average Bonchev–Trinajstić information content (AvgIpc) is 2.87. The van der Waals surface area contributed by atoms with Gasteiger partial charge in [0.25, 0.3) is 5.91 Å². The van der Waals surface area contributed by atoms with E-state index < -0.39 is 0 Å². The first-order chi connectivity index (χ1) is 17.0. The molecule has 0 heterocycles. The molecule has 0 spiro atoms. The van der Waals surface area contributed by atoms with E-state index >= 15 is 0 Å². The fraction of sp³-hybridized carbons (Fsp3) is 0.138. The van der Waals surface area contributed by atoms with Gasteiger partial charge in [0.05, 0.1) is 11.1 Å². The van der Waals surface area contributed by atoms with Crippen molar-refractivity contribution in [2.24, 2.45) is 0 Å². The number of para-hydroxylation sites is 1. The van der Waals surface area contributed by atoms with Gasteiger partial charge in [-0.1, -0.05) is 48.5 Å². The largest absolute Gasteiger partial charge is 0.490 e. The first kappa shape index (κ1) is 24.4. The predicted molar refractivity (Wildman–Crippen MR) is 142 cm³/mol. The van der Waals surface area contributed by atoms with Crippen LogP contribution in [0.15, 0.2) is 95.5 Å². The zero-order valence-electron chi connectivity index (χ0n) is 19.6. The van der Waals surface area contributed by atoms with E-state index in [2.05, 4.69) is 21.2 Å². The molecule has 0 aliphatic carbocycles. The van der Waals surface area contributed by atoms with Crippen molar-refractivity contribution in [2.75, 3.05) is 11.9 Å². The molecule has 0 aliphatic rings. The molecule has 0 radical (unpaired) electrons. The zero-order chi connectivity index (χ0) is 24.6. The Bertz CT molecular complexity index is 1290. The summed E-state index contributed by atoms with van der Waals surface area (Å²) >= 11 is 3.54. The Morgan fingerprint density at radius 3 is 2.29 bits per heavy atom. The number of benzene rings is 4. The van der Waals surface area contributed by atoms with Gasteiger partial charge in [0.2, 0.25) is 0 Å². The highest BCUT2D eigenvalue weighted by atomic mass is 79.9. The number of hydrogen-bond acceptors (Lipinski definition) is 4. The number of amides is 1. The van der Waals surface area contributed by atoms with Crippen LogP contribution in [0.4, 0.5) is 5.69 Å². The molecule has 0 aliphatic heterocycles. The van der Waals surface area contributed by atoms with Crippen LogP contribution < -0.4 is 19.5 Å². The van der Waals surface area contributed by atoms with Gasteiger partial charge >= 0.3 is 0 Å². The van der Waals surface area contributed by atoms with E-state index in [-0.39, 0.29) is 5.91 Å². The van der Waals surface area contributed by atoms with E-state index in [4.69, 9.17) is 14.2 Å². The van der Waals surface area contributed by atoms with E-state index in [1.54, 1.807) is 24.3 Å². The highest BCUT2D eigenvalue weighted by Gasteiger charge is 2.17. The SMILES string of the molecule is CCOc1cc(C(=O)Nc2ccc(Oc3ccccc3C)cc2)cc(Br)c1OCc1ccccc1. The third kappa shape index (κ3) is 6.43. The normalized spacial score (nSPS) is 10.5. The fourth-order valence-electron chi connectivity index (χ4n) is 3.44. The molecule has 1 amide bonds. The lowest BCUT2D eigenvalue weighted by Gasteiger charge is -2.16. The van der Waals surface area contributed by atoms with Crippen LogP contribution in [0.5, 0.6) is 23.0 Å². The Kier molecular flexibility index (Phi) is 8.06. The molecular weight excluding hydrogens is 506 g/mol. The highest BCUT2D eigenvalue weighted by molar-refractivity contribution is 9.10. The summed E-state index contributed by atoms with van der Waals surface area (Å²) in [5.74, 6) is 2.30. The molecular formula is C29H26BrNO4. The molecule has 4 aromatic rings. The van der Waals surface area contributed by atoms with Crippen LogP contribution in [-0.4, -0.2) is 12.5 Å². The summed E-state index contributed by atoms with van der Waals surface area (Å²) in [6.07, 6.45) is 0. The van der Waals surface area contributed by atoms with E-state index in [0.717, 1.165) is 16.9 Å². The Balaban J connectivity index is 1.46. The Morgan fingerprint density at radius 1 is 0.857 bits per heavy atom. The minimum absolute atomic E-state index is 0.256. The van der Waals surface area contributed by atoms with Crippen LogP contribution in [0.1, 0.15) is 28.4 Å². The lowest BCUT2D eigenvalue weighted by molar-refractivity contribution is 0.102. The molecule has 6 heteroatoms. The summed E-state index contributed by atoms with van der Waals surface area (Å²) in [4.78, 5) is 13.0. The molecule has 0 unspecified atom stereocenters. The molecule has 0 aromatic heterocycles. The van der Waals surface area contributed by atoms with Gasteiger partial charge in [0.1, 0.15) is 18.1 Å². The lowest BCUT2D eigenvalue weighted by atomic mass is 10.1. The number of ether oxygens (including phenoxy) is 3. The second kappa shape index (κ2) is 11.6. The summed E-state index contributed by atoms with van der Waals surface area (Å²) in [6.45, 7) is 4.72. The van der Waals surface area contributed by atoms with Crippen molar-refractivity contribution in [1.82, 2.24) is 0 Å². The summed E-state index contributed by atoms with van der Waals surface area (Å²) in [5, 5.41) is 2.92. The third-order valence-electron chi connectivity index (χ3n) is 5.23. The van der Waals surface area contributed by atoms with Crippen LogP contribution in [0.25, 0.3) is 0 Å². The monoisotopic (exact) mass is 531 g/mol. The Morgan fingerprint density at radius 2 is 1.57 bits per heavy atom. The van der Waals surface area contributed by atoms with Gasteiger partial charge in [0, 0.05) is 11.3 Å². The maximum absolute atomic E-state index is 13.0. The van der Waals surface area contributed by atoms with Crippen LogP contribution in [0.3, 0.4) is 0 Å². The first-order valence-electron chi connectivity index (χ1n) is 11.3. The van der Waals surface area contributed by atoms with E-state index in [0.29, 0.717) is 46.2 Å². The fourth-order valence-corrected chi connectivity index (χ4v) is 4.00. The molecule has 35 heavy (non-hydrogen) atoms. The first-order valence-corrected chi connectivity index (χ1v) is 12.1. The topological polar surface area (TPSA) is 56.8 Å². The number of anilines is 1. The van der Waals surface area contributed by atoms with Crippen molar-refractivity contribution in [3.63, 3.8) is 0 Å². The number of carbonyl (C=O) groups excluding carboxylic acids is 1. The Labute approximate surface area is 213 Å². The molecule has 0 saturated carbocycles. The average molecular weight is 532 g/mol. The molecule has 178 valence electrons. The van der Waals surface area contributed by atoms with Crippen molar-refractivity contribution in [2.45, 2.75) is 20.5 Å². The predicted octanol–water partition coefficient (Wildman–Crippen LogP) is 7.78. The van der Waals surface area contributed by atoms with Crippen LogP contribution in [0.2, 0.25) is 0 Å². The van der Waals surface area contributed by atoms with Crippen LogP contribution >= 0.6 is 15.9 Å². The quantitative estimate of drug-likeness (QED) is 0.239. The van der Waals surface area contributed by atoms with E-state index in [9.17, 15) is 4.79 Å². The van der Waals surface area contributed by atoms with Crippen molar-refractivity contribution in [3.8, 4) is 23.0 Å². The van der Waals surface area contributed by atoms with Crippen molar-refractivity contribution < 1.29 is 19.0 Å². The molecule has 5 nitrogen and oxygen atoms in total. The van der Waals surface area contributed by atoms with Gasteiger partial charge in [-0.2, -0.15) is 0 Å². The second-order valence-electron chi connectivity index (χ2n) is 7.84. The summed E-state index contributed by atoms with van der Waals surface area (Å²) in [7, 11) is 0. The number of rotatable bonds is 9. The number of nitrogens with one attached hydrogen (secondary N) is 1. The van der Waals surface area contributed by atoms with Crippen molar-refractivity contribution in [3.05, 3.63) is 112 Å². The number of halogens is 1. The maximum Gasteiger partial charge on any atom is 0.255 e. The molecule has 1 N–H and O–H groups in total. The number of aryl methyl sites for hydroxylation is 1. The molecule has 4 aromatic carbocycles. The molecule has 4 rings (SSSR count). The molecule has 0 atom stereocenters. The summed E-state index contributed by atoms with van der Waals surface area (Å²) in [5.41, 5.74) is 3.20. The van der Waals surface area contributed by atoms with Gasteiger partial charge in [-0.3, -0.25) is 4.79 Å². The van der Waals surface area contributed by atoms with Gasteiger partial charge in [0.15, 0.2) is 11.5 Å². The smallest absolute Gasteiger partial charge is 0.255 e. The number of carbonyl (C=O) groups is 1. The molecule has 0 saturated heterocycles. The second-order valence-corrected chi connectivity index (χ2v) is 8.69. The van der Waals surface area contributed by atoms with Crippen molar-refractivity contribution >= 4 is 27.5 Å². The minimum atomic E-state index is -0.256. The van der Waals surface area contributed by atoms with Gasteiger partial charge in [-0.25, -0.2) is 0 Å². The van der Waals surface area contributed by atoms with Crippen molar-refractivity contribution in [1.29, 1.82) is 0 Å². The van der Waals surface area contributed by atoms with E-state index in [1.165, 1.54) is 0 Å². The van der Waals surface area contributed by atoms with Gasteiger partial charge in [-0.05, 0) is 83.4 Å². The third-order valence-corrected chi connectivity index (χ3v) is 5.82. The van der Waals surface area contributed by atoms with Gasteiger partial charge < -0.3 is 19.5 Å². The Hall–Kier alpha value is -3.77. The highest BCUT2D eigenvalue weighted by Crippen LogP contribution is 2.38. The molecule has 0 fully saturated rings. The lowest BCUT2D eigenvalue weighted by Crippen LogP contribution is -2.12. The van der Waals surface area contributed by atoms with Crippen LogP contribution in [-0.2, 0) is 6.61 Å². The minimum Gasteiger partial charge on any atom is -0.490 e. The van der Waals surface area contributed by atoms with Crippen LogP contribution in [0, 0.1) is 6.92 Å². The summed E-state index contributed by atoms with van der Waals surface area (Å²) < 4.78 is 18.4.